The van der Waals surface area contributed by atoms with Crippen molar-refractivity contribution in [2.24, 2.45) is 22.3 Å². The number of likely N-dealkylation sites (N-methyl/N-ethyl adjacent to an activating group) is 2. The van der Waals surface area contributed by atoms with Gasteiger partial charge in [-0.2, -0.15) is 0 Å². The van der Waals surface area contributed by atoms with E-state index in [-0.39, 0.29) is 55.9 Å². The lowest BCUT2D eigenvalue weighted by molar-refractivity contribution is -0.140. The third kappa shape index (κ3) is 23.2. The van der Waals surface area contributed by atoms with Crippen molar-refractivity contribution in [3.63, 3.8) is 0 Å². The van der Waals surface area contributed by atoms with Crippen LogP contribution in [0.1, 0.15) is 115 Å². The Morgan fingerprint density at radius 2 is 0.951 bits per heavy atom. The Balaban J connectivity index is 0.000000371. The zero-order chi connectivity index (χ0) is 76.0. The van der Waals surface area contributed by atoms with E-state index in [1.807, 2.05) is 111 Å². The van der Waals surface area contributed by atoms with Crippen molar-refractivity contribution in [1.82, 2.24) is 55.8 Å². The Kier molecular flexibility index (Phi) is 29.5. The average Bonchev–Trinajstić information content (AvgIpc) is 1.62. The van der Waals surface area contributed by atoms with Gasteiger partial charge in [-0.3, -0.25) is 48.1 Å². The fourth-order valence-electron chi connectivity index (χ4n) is 11.9. The molecule has 3 heterocycles. The van der Waals surface area contributed by atoms with Gasteiger partial charge >= 0.3 is 0 Å². The SMILES string of the molecule is CNC(=O)[C@@H](N)CCN(C(=O)CO)[C@@H](c1cc(-c2cc(F)ccc2F)cn1Cc1ccccc1)C(C)(C)C.CNC(=O)[C@H](CCN(C(=O)CO)[C@@H](c1cc(-c2cc(F)ccc2F)cn1Cc1ccccc1)C(C)(C)C)NC(=O)[C@H](CC(N)=O)NC(=O)[C@H](C)NC(=O)[C@H](C)NC(=O)Cc1ccncc1. The molecule has 0 saturated carbocycles. The topological polar surface area (TPSA) is 348 Å². The Morgan fingerprint density at radius 1 is 0.524 bits per heavy atom. The van der Waals surface area contributed by atoms with Crippen molar-refractivity contribution < 1.29 is 70.9 Å². The number of nitrogens with one attached hydrogen (secondary N) is 6. The molecular weight excluding hydrogens is 1330 g/mol. The van der Waals surface area contributed by atoms with Crippen molar-refractivity contribution in [1.29, 1.82) is 0 Å². The summed E-state index contributed by atoms with van der Waals surface area (Å²) < 4.78 is 62.3. The highest BCUT2D eigenvalue weighted by atomic mass is 19.1. The highest BCUT2D eigenvalue weighted by Gasteiger charge is 2.40. The maximum atomic E-state index is 15.2. The van der Waals surface area contributed by atoms with Gasteiger partial charge in [0.2, 0.25) is 53.2 Å². The second-order valence-electron chi connectivity index (χ2n) is 27.1. The number of nitrogens with zero attached hydrogens (tertiary/aromatic N) is 5. The highest BCUT2D eigenvalue weighted by Crippen LogP contribution is 2.43. The summed E-state index contributed by atoms with van der Waals surface area (Å²) in [7, 11) is 2.80. The largest absolute Gasteiger partial charge is 0.387 e. The van der Waals surface area contributed by atoms with Crippen LogP contribution in [0.2, 0.25) is 0 Å². The predicted molar refractivity (Wildman–Crippen MR) is 379 cm³/mol. The van der Waals surface area contributed by atoms with Gasteiger partial charge < -0.3 is 72.5 Å². The number of primary amides is 1. The summed E-state index contributed by atoms with van der Waals surface area (Å²) in [5, 5.41) is 35.0. The molecule has 103 heavy (non-hydrogen) atoms. The van der Waals surface area contributed by atoms with Crippen LogP contribution in [0.3, 0.4) is 0 Å². The lowest BCUT2D eigenvalue weighted by Gasteiger charge is -2.41. The van der Waals surface area contributed by atoms with Gasteiger partial charge in [0.1, 0.15) is 60.7 Å². The predicted octanol–water partition coefficient (Wildman–Crippen LogP) is 5.87. The van der Waals surface area contributed by atoms with Crippen LogP contribution in [0.25, 0.3) is 22.3 Å². The van der Waals surface area contributed by atoms with E-state index >= 15 is 4.39 Å². The number of aromatic nitrogens is 3. The maximum absolute atomic E-state index is 15.2. The molecule has 0 aliphatic carbocycles. The molecule has 12 N–H and O–H groups in total. The average molecular weight is 1430 g/mol. The molecule has 24 nitrogen and oxygen atoms in total. The number of carbonyl (C=O) groups is 9. The summed E-state index contributed by atoms with van der Waals surface area (Å²) in [4.78, 5) is 124. The highest BCUT2D eigenvalue weighted by molar-refractivity contribution is 5.97. The molecule has 7 aromatic rings. The fraction of sp³-hybridized carbons (Fsp3) is 0.387. The number of carbonyl (C=O) groups excluding carboxylic acids is 9. The molecule has 0 spiro atoms. The van der Waals surface area contributed by atoms with Crippen LogP contribution in [0.15, 0.2) is 146 Å². The molecule has 3 aromatic heterocycles. The summed E-state index contributed by atoms with van der Waals surface area (Å²) in [6, 6.07) is 24.4. The number of nitrogens with two attached hydrogens (primary N) is 2. The number of amides is 9. The molecule has 0 fully saturated rings. The smallest absolute Gasteiger partial charge is 0.248 e. The minimum absolute atomic E-state index is 0.0154. The molecule has 0 bridgehead atoms. The lowest BCUT2D eigenvalue weighted by atomic mass is 9.82. The Bertz CT molecular complexity index is 4070. The van der Waals surface area contributed by atoms with E-state index in [4.69, 9.17) is 11.5 Å². The van der Waals surface area contributed by atoms with E-state index in [2.05, 4.69) is 36.9 Å². The van der Waals surface area contributed by atoms with Crippen molar-refractivity contribution in [3.05, 3.63) is 197 Å². The minimum atomic E-state index is -1.62. The molecule has 9 amide bonds. The van der Waals surface area contributed by atoms with Crippen LogP contribution in [-0.2, 0) is 62.7 Å². The molecule has 0 radical (unpaired) electrons. The van der Waals surface area contributed by atoms with E-state index in [9.17, 15) is 66.5 Å². The van der Waals surface area contributed by atoms with Gasteiger partial charge in [0, 0.05) is 98.7 Å². The van der Waals surface area contributed by atoms with Crippen molar-refractivity contribution in [2.75, 3.05) is 40.4 Å². The van der Waals surface area contributed by atoms with E-state index < -0.39 is 143 Å². The van der Waals surface area contributed by atoms with Gasteiger partial charge in [-0.1, -0.05) is 102 Å². The molecule has 7 rings (SSSR count). The molecule has 0 aliphatic heterocycles. The van der Waals surface area contributed by atoms with Crippen LogP contribution in [-0.4, -0.2) is 158 Å². The molecule has 552 valence electrons. The van der Waals surface area contributed by atoms with Crippen LogP contribution in [0.5, 0.6) is 0 Å². The number of halogens is 4. The van der Waals surface area contributed by atoms with E-state index in [1.165, 1.54) is 50.1 Å². The lowest BCUT2D eigenvalue weighted by Crippen LogP contribution is -2.58. The molecule has 0 aliphatic rings. The fourth-order valence-corrected chi connectivity index (χ4v) is 11.9. The Labute approximate surface area is 596 Å². The van der Waals surface area contributed by atoms with Gasteiger partial charge in [0.25, 0.3) is 0 Å². The van der Waals surface area contributed by atoms with Gasteiger partial charge in [0.15, 0.2) is 0 Å². The van der Waals surface area contributed by atoms with E-state index in [1.54, 1.807) is 36.7 Å². The molecule has 7 atom stereocenters. The summed E-state index contributed by atoms with van der Waals surface area (Å²) in [5.74, 6) is -8.83. The number of aliphatic hydroxyl groups is 2. The summed E-state index contributed by atoms with van der Waals surface area (Å²) >= 11 is 0. The summed E-state index contributed by atoms with van der Waals surface area (Å²) in [6.45, 7) is 13.0. The van der Waals surface area contributed by atoms with Crippen LogP contribution in [0.4, 0.5) is 17.6 Å². The van der Waals surface area contributed by atoms with Crippen molar-refractivity contribution in [2.45, 2.75) is 136 Å². The molecule has 0 unspecified atom stereocenters. The maximum Gasteiger partial charge on any atom is 0.248 e. The molecule has 28 heteroatoms. The Hall–Kier alpha value is -10.6. The van der Waals surface area contributed by atoms with Gasteiger partial charge in [-0.25, -0.2) is 17.6 Å². The number of hydrogen-bond donors (Lipinski definition) is 10. The first-order valence-corrected chi connectivity index (χ1v) is 33.4. The van der Waals surface area contributed by atoms with Crippen molar-refractivity contribution >= 4 is 53.2 Å². The van der Waals surface area contributed by atoms with Crippen molar-refractivity contribution in [3.8, 4) is 22.3 Å². The number of benzene rings is 4. The van der Waals surface area contributed by atoms with E-state index in [0.29, 0.717) is 34.6 Å². The first-order chi connectivity index (χ1) is 48.7. The number of pyridine rings is 1. The van der Waals surface area contributed by atoms with Gasteiger partial charge in [-0.05, 0) is 115 Å². The first kappa shape index (κ1) is 81.4. The molecule has 0 saturated heterocycles. The molecular formula is C75H93F4N13O11. The summed E-state index contributed by atoms with van der Waals surface area (Å²) in [6.07, 6.45) is 5.64. The quantitative estimate of drug-likeness (QED) is 0.0228. The summed E-state index contributed by atoms with van der Waals surface area (Å²) in [5.41, 5.74) is 14.7. The first-order valence-electron chi connectivity index (χ1n) is 33.4. The third-order valence-electron chi connectivity index (χ3n) is 16.9. The second kappa shape index (κ2) is 37.4. The van der Waals surface area contributed by atoms with Gasteiger partial charge in [-0.15, -0.1) is 0 Å². The zero-order valence-corrected chi connectivity index (χ0v) is 59.4. The van der Waals surface area contributed by atoms with E-state index in [0.717, 1.165) is 47.5 Å². The zero-order valence-electron chi connectivity index (χ0n) is 59.4. The normalized spacial score (nSPS) is 13.4. The Morgan fingerprint density at radius 3 is 1.38 bits per heavy atom. The van der Waals surface area contributed by atoms with Gasteiger partial charge in [0.05, 0.1) is 31.0 Å². The number of hydrogen-bond acceptors (Lipinski definition) is 13. The second-order valence-corrected chi connectivity index (χ2v) is 27.1. The third-order valence-corrected chi connectivity index (χ3v) is 16.9. The minimum Gasteiger partial charge on any atom is -0.387 e. The van der Waals surface area contributed by atoms with Crippen LogP contribution in [0, 0.1) is 34.1 Å². The standard InChI is InChI=1S/C46H57F2N9O8.C29H36F2N4O3/c1-27(52-39(60)20-29-14-17-51-18-15-29)42(62)53-28(2)43(63)55-36(23-38(49)59)45(65)54-35(44(64)50-6)16-19-57(40(61)26-58)41(46(3,4)5)37-21-31(33-22-32(47)12-13-34(33)48)25-56(37)24-30-10-8-7-9-11-30;1-29(2,3)27(35(26(37)18-36)13-12-24(32)28(38)33-4)25-14-20(22-15-21(30)10-11-23(22)31)17-34(25)16-19-8-6-5-7-9-19/h7-15,17-18,21-22,25,27-28,35-36,41,58H,16,19-20,23-24,26H2,1-6H3,(H2,49,59)(H,50,64)(H,52,60)(H,53,62)(H,54,65)(H,55,63);5-11,14-15,17,24,27,36H,12-13,16,18,32H2,1-4H3,(H,33,38)/t27-,28-,35-,36-,41-;24-,27-/m00/s1. The number of aliphatic hydroxyl groups excluding tert-OH is 2. The van der Waals surface area contributed by atoms with Crippen LogP contribution >= 0.6 is 0 Å². The number of rotatable bonds is 31. The monoisotopic (exact) mass is 1430 g/mol. The molecule has 4 aromatic carbocycles. The van der Waals surface area contributed by atoms with Crippen LogP contribution < -0.4 is 43.4 Å².